The van der Waals surface area contributed by atoms with E-state index in [0.29, 0.717) is 11.1 Å². The molecule has 0 saturated heterocycles. The van der Waals surface area contributed by atoms with Crippen molar-refractivity contribution in [1.82, 2.24) is 9.97 Å². The summed E-state index contributed by atoms with van der Waals surface area (Å²) < 4.78 is 25.2. The number of aromatic nitrogens is 2. The number of pyridine rings is 2. The molecule has 4 heteroatoms. The maximum atomic E-state index is 12.7. The van der Waals surface area contributed by atoms with Crippen LogP contribution in [0.5, 0.6) is 0 Å². The lowest BCUT2D eigenvalue weighted by atomic mass is 10.1. The molecule has 2 aromatic rings. The molecule has 0 bridgehead atoms. The molecule has 2 nitrogen and oxygen atoms in total. The summed E-state index contributed by atoms with van der Waals surface area (Å²) in [5.41, 5.74) is 1.29. The van der Waals surface area contributed by atoms with E-state index >= 15 is 0 Å². The third-order valence-corrected chi connectivity index (χ3v) is 1.79. The first-order valence-corrected chi connectivity index (χ1v) is 3.99. The molecule has 0 aromatic carbocycles. The van der Waals surface area contributed by atoms with Crippen molar-refractivity contribution in [3.63, 3.8) is 0 Å². The zero-order valence-electron chi connectivity index (χ0n) is 7.11. The topological polar surface area (TPSA) is 25.8 Å². The molecule has 0 radical (unpaired) electrons. The maximum Gasteiger partial charge on any atom is 0.213 e. The molecule has 0 fully saturated rings. The van der Waals surface area contributed by atoms with Gasteiger partial charge >= 0.3 is 0 Å². The number of nitrogens with zero attached hydrogens (tertiary/aromatic N) is 2. The van der Waals surface area contributed by atoms with Gasteiger partial charge in [-0.1, -0.05) is 0 Å². The first-order chi connectivity index (χ1) is 6.75. The van der Waals surface area contributed by atoms with Gasteiger partial charge in [0.25, 0.3) is 0 Å². The highest BCUT2D eigenvalue weighted by molar-refractivity contribution is 5.61. The highest BCUT2D eigenvalue weighted by Gasteiger charge is 2.00. The second-order valence-corrected chi connectivity index (χ2v) is 2.74. The molecule has 2 aromatic heterocycles. The van der Waals surface area contributed by atoms with Gasteiger partial charge in [0.1, 0.15) is 0 Å². The zero-order valence-corrected chi connectivity index (χ0v) is 7.11. The van der Waals surface area contributed by atoms with Gasteiger partial charge in [0, 0.05) is 24.0 Å². The van der Waals surface area contributed by atoms with Crippen molar-refractivity contribution in [3.8, 4) is 11.1 Å². The third kappa shape index (κ3) is 1.74. The molecular formula is C10H6F2N2. The number of hydrogen-bond acceptors (Lipinski definition) is 2. The molecule has 70 valence electrons. The summed E-state index contributed by atoms with van der Waals surface area (Å²) in [5.74, 6) is -1.12. The summed E-state index contributed by atoms with van der Waals surface area (Å²) in [4.78, 5) is 6.90. The molecule has 0 unspecified atom stereocenters. The van der Waals surface area contributed by atoms with E-state index in [0.717, 1.165) is 0 Å². The molecule has 0 aliphatic heterocycles. The van der Waals surface area contributed by atoms with Crippen molar-refractivity contribution >= 4 is 0 Å². The number of rotatable bonds is 1. The Morgan fingerprint density at radius 1 is 0.857 bits per heavy atom. The van der Waals surface area contributed by atoms with Crippen molar-refractivity contribution < 1.29 is 8.78 Å². The van der Waals surface area contributed by atoms with Gasteiger partial charge in [0.05, 0.1) is 0 Å². The predicted molar refractivity (Wildman–Crippen MR) is 47.4 cm³/mol. The van der Waals surface area contributed by atoms with Crippen LogP contribution < -0.4 is 0 Å². The predicted octanol–water partition coefficient (Wildman–Crippen LogP) is 2.42. The monoisotopic (exact) mass is 192 g/mol. The van der Waals surface area contributed by atoms with Crippen LogP contribution in [0.4, 0.5) is 8.78 Å². The molecule has 0 spiro atoms. The summed E-state index contributed by atoms with van der Waals surface area (Å²) in [7, 11) is 0. The van der Waals surface area contributed by atoms with E-state index in [2.05, 4.69) is 9.97 Å². The molecule has 0 aliphatic rings. The van der Waals surface area contributed by atoms with Crippen LogP contribution in [0.3, 0.4) is 0 Å². The second kappa shape index (κ2) is 3.49. The fraction of sp³-hybridized carbons (Fsp3) is 0. The normalized spacial score (nSPS) is 10.1. The Hall–Kier alpha value is -1.84. The second-order valence-electron chi connectivity index (χ2n) is 2.74. The fourth-order valence-corrected chi connectivity index (χ4v) is 1.13. The Bertz CT molecular complexity index is 440. The van der Waals surface area contributed by atoms with E-state index in [1.165, 1.54) is 30.6 Å². The van der Waals surface area contributed by atoms with Crippen LogP contribution in [0.1, 0.15) is 0 Å². The molecule has 0 saturated carbocycles. The van der Waals surface area contributed by atoms with Crippen molar-refractivity contribution in [3.05, 3.63) is 48.6 Å². The zero-order chi connectivity index (χ0) is 9.97. The minimum atomic E-state index is -0.563. The van der Waals surface area contributed by atoms with Crippen molar-refractivity contribution in [1.29, 1.82) is 0 Å². The van der Waals surface area contributed by atoms with Crippen LogP contribution in [0.15, 0.2) is 36.7 Å². The summed E-state index contributed by atoms with van der Waals surface area (Å²) >= 11 is 0. The van der Waals surface area contributed by atoms with Crippen molar-refractivity contribution in [2.45, 2.75) is 0 Å². The summed E-state index contributed by atoms with van der Waals surface area (Å²) in [6.45, 7) is 0. The molecule has 0 amide bonds. The Labute approximate surface area is 79.3 Å². The van der Waals surface area contributed by atoms with E-state index in [4.69, 9.17) is 0 Å². The molecular weight excluding hydrogens is 186 g/mol. The van der Waals surface area contributed by atoms with E-state index in [-0.39, 0.29) is 0 Å². The largest absolute Gasteiger partial charge is 0.228 e. The van der Waals surface area contributed by atoms with Crippen molar-refractivity contribution in [2.24, 2.45) is 0 Å². The number of halogens is 2. The van der Waals surface area contributed by atoms with Gasteiger partial charge in [-0.2, -0.15) is 8.78 Å². The standard InChI is InChI=1S/C10H6F2N2/c11-9-2-1-8(6-14-9)7-3-4-13-10(12)5-7/h1-6H. The van der Waals surface area contributed by atoms with Gasteiger partial charge in [-0.25, -0.2) is 9.97 Å². The van der Waals surface area contributed by atoms with Crippen LogP contribution in [-0.4, -0.2) is 9.97 Å². The van der Waals surface area contributed by atoms with Crippen molar-refractivity contribution in [2.75, 3.05) is 0 Å². The molecule has 0 atom stereocenters. The minimum Gasteiger partial charge on any atom is -0.228 e. The Morgan fingerprint density at radius 2 is 1.71 bits per heavy atom. The van der Waals surface area contributed by atoms with Crippen LogP contribution in [-0.2, 0) is 0 Å². The van der Waals surface area contributed by atoms with Gasteiger partial charge in [-0.05, 0) is 23.8 Å². The molecule has 2 rings (SSSR count). The average Bonchev–Trinajstić information content (AvgIpc) is 2.19. The third-order valence-electron chi connectivity index (χ3n) is 1.79. The minimum absolute atomic E-state index is 0.553. The van der Waals surface area contributed by atoms with Crippen LogP contribution in [0.25, 0.3) is 11.1 Å². The van der Waals surface area contributed by atoms with E-state index in [1.54, 1.807) is 6.07 Å². The van der Waals surface area contributed by atoms with Crippen LogP contribution >= 0.6 is 0 Å². The summed E-state index contributed by atoms with van der Waals surface area (Å²) in [6, 6.07) is 5.68. The fourth-order valence-electron chi connectivity index (χ4n) is 1.13. The molecule has 0 N–H and O–H groups in total. The van der Waals surface area contributed by atoms with E-state index in [9.17, 15) is 8.78 Å². The Kier molecular flexibility index (Phi) is 2.18. The Morgan fingerprint density at radius 3 is 2.36 bits per heavy atom. The average molecular weight is 192 g/mol. The lowest BCUT2D eigenvalue weighted by Gasteiger charge is -1.99. The molecule has 2 heterocycles. The first kappa shape index (κ1) is 8.74. The van der Waals surface area contributed by atoms with Gasteiger partial charge in [-0.15, -0.1) is 0 Å². The quantitative estimate of drug-likeness (QED) is 0.648. The SMILES string of the molecule is Fc1ccc(-c2ccnc(F)c2)cn1. The smallest absolute Gasteiger partial charge is 0.213 e. The lowest BCUT2D eigenvalue weighted by Crippen LogP contribution is -1.86. The van der Waals surface area contributed by atoms with Gasteiger partial charge in [0.2, 0.25) is 11.9 Å². The Balaban J connectivity index is 2.44. The molecule has 0 aliphatic carbocycles. The van der Waals surface area contributed by atoms with Crippen LogP contribution in [0, 0.1) is 11.9 Å². The highest BCUT2D eigenvalue weighted by atomic mass is 19.1. The number of hydrogen-bond donors (Lipinski definition) is 0. The van der Waals surface area contributed by atoms with Gasteiger partial charge in [-0.3, -0.25) is 0 Å². The maximum absolute atomic E-state index is 12.7. The molecule has 14 heavy (non-hydrogen) atoms. The van der Waals surface area contributed by atoms with Gasteiger partial charge in [0.15, 0.2) is 0 Å². The van der Waals surface area contributed by atoms with Gasteiger partial charge < -0.3 is 0 Å². The first-order valence-electron chi connectivity index (χ1n) is 3.99. The lowest BCUT2D eigenvalue weighted by molar-refractivity contribution is 0.583. The summed E-state index contributed by atoms with van der Waals surface area (Å²) in [5, 5.41) is 0. The highest BCUT2D eigenvalue weighted by Crippen LogP contribution is 2.17. The van der Waals surface area contributed by atoms with Crippen LogP contribution in [0.2, 0.25) is 0 Å². The van der Waals surface area contributed by atoms with E-state index in [1.807, 2.05) is 0 Å². The van der Waals surface area contributed by atoms with E-state index < -0.39 is 11.9 Å². The summed E-state index contributed by atoms with van der Waals surface area (Å²) in [6.07, 6.45) is 2.71.